The Labute approximate surface area is 137 Å². The second kappa shape index (κ2) is 7.14. The quantitative estimate of drug-likeness (QED) is 0.932. The number of hydrogen-bond donors (Lipinski definition) is 1. The summed E-state index contributed by atoms with van der Waals surface area (Å²) in [6, 6.07) is 12.9. The van der Waals surface area contributed by atoms with Crippen LogP contribution in [-0.2, 0) is 9.53 Å². The zero-order valence-corrected chi connectivity index (χ0v) is 13.5. The van der Waals surface area contributed by atoms with Gasteiger partial charge >= 0.3 is 0 Å². The molecule has 2 fully saturated rings. The number of nitrogens with one attached hydrogen (secondary N) is 1. The first-order valence-electron chi connectivity index (χ1n) is 8.58. The van der Waals surface area contributed by atoms with Crippen LogP contribution in [-0.4, -0.2) is 24.7 Å². The highest BCUT2D eigenvalue weighted by Gasteiger charge is 2.37. The molecule has 4 heteroatoms. The molecule has 1 saturated carbocycles. The van der Waals surface area contributed by atoms with Gasteiger partial charge in [-0.3, -0.25) is 4.79 Å². The number of nitrogens with zero attached hydrogens (tertiary/aromatic N) is 1. The monoisotopic (exact) mass is 312 g/mol. The van der Waals surface area contributed by atoms with Crippen LogP contribution in [0.1, 0.15) is 50.0 Å². The van der Waals surface area contributed by atoms with E-state index in [0.717, 1.165) is 25.7 Å². The van der Waals surface area contributed by atoms with Gasteiger partial charge in [0.1, 0.15) is 5.54 Å². The minimum atomic E-state index is -0.717. The summed E-state index contributed by atoms with van der Waals surface area (Å²) in [6.45, 7) is 1.10. The molecule has 0 bridgehead atoms. The SMILES string of the molecule is N#CC1(NC(=O)C2CCC(c3ccccc3)CC2)CCOCC1. The van der Waals surface area contributed by atoms with Crippen molar-refractivity contribution in [3.8, 4) is 6.07 Å². The van der Waals surface area contributed by atoms with E-state index in [1.165, 1.54) is 5.56 Å². The van der Waals surface area contributed by atoms with Crippen LogP contribution in [0, 0.1) is 17.2 Å². The van der Waals surface area contributed by atoms with Crippen molar-refractivity contribution in [2.45, 2.75) is 50.0 Å². The predicted molar refractivity (Wildman–Crippen MR) is 87.7 cm³/mol. The fraction of sp³-hybridized carbons (Fsp3) is 0.579. The third kappa shape index (κ3) is 3.73. The summed E-state index contributed by atoms with van der Waals surface area (Å²) in [5.74, 6) is 0.663. The lowest BCUT2D eigenvalue weighted by Gasteiger charge is -2.34. The molecule has 1 N–H and O–H groups in total. The van der Waals surface area contributed by atoms with Gasteiger partial charge in [-0.1, -0.05) is 30.3 Å². The summed E-state index contributed by atoms with van der Waals surface area (Å²) in [6.07, 6.45) is 5.09. The van der Waals surface area contributed by atoms with E-state index >= 15 is 0 Å². The van der Waals surface area contributed by atoms with Crippen LogP contribution >= 0.6 is 0 Å². The van der Waals surface area contributed by atoms with Gasteiger partial charge in [0.15, 0.2) is 0 Å². The summed E-state index contributed by atoms with van der Waals surface area (Å²) in [7, 11) is 0. The van der Waals surface area contributed by atoms with Gasteiger partial charge in [0.05, 0.1) is 6.07 Å². The predicted octanol–water partition coefficient (Wildman–Crippen LogP) is 3.15. The van der Waals surface area contributed by atoms with Crippen LogP contribution in [0.25, 0.3) is 0 Å². The highest BCUT2D eigenvalue weighted by molar-refractivity contribution is 5.80. The molecule has 0 radical (unpaired) electrons. The van der Waals surface area contributed by atoms with E-state index in [1.54, 1.807) is 0 Å². The number of rotatable bonds is 3. The third-order valence-electron chi connectivity index (χ3n) is 5.29. The van der Waals surface area contributed by atoms with Gasteiger partial charge in [-0.05, 0) is 37.2 Å². The van der Waals surface area contributed by atoms with Crippen LogP contribution in [0.3, 0.4) is 0 Å². The first-order chi connectivity index (χ1) is 11.2. The lowest BCUT2D eigenvalue weighted by molar-refractivity contribution is -0.128. The smallest absolute Gasteiger partial charge is 0.224 e. The number of carbonyl (C=O) groups excluding carboxylic acids is 1. The highest BCUT2D eigenvalue weighted by Crippen LogP contribution is 2.36. The largest absolute Gasteiger partial charge is 0.381 e. The Kier molecular flexibility index (Phi) is 4.97. The van der Waals surface area contributed by atoms with Crippen LogP contribution in [0.15, 0.2) is 30.3 Å². The second-order valence-corrected chi connectivity index (χ2v) is 6.75. The van der Waals surface area contributed by atoms with Crippen molar-refractivity contribution >= 4 is 5.91 Å². The Balaban J connectivity index is 1.55. The summed E-state index contributed by atoms with van der Waals surface area (Å²) >= 11 is 0. The molecule has 4 nitrogen and oxygen atoms in total. The summed E-state index contributed by atoms with van der Waals surface area (Å²) in [5, 5.41) is 12.5. The van der Waals surface area contributed by atoms with Crippen LogP contribution in [0.2, 0.25) is 0 Å². The number of nitriles is 1. The Hall–Kier alpha value is -1.86. The molecular formula is C19H24N2O2. The molecule has 1 aromatic rings. The molecule has 1 amide bonds. The van der Waals surface area contributed by atoms with E-state index in [4.69, 9.17) is 4.74 Å². The Morgan fingerprint density at radius 1 is 1.13 bits per heavy atom. The molecular weight excluding hydrogens is 288 g/mol. The number of hydrogen-bond acceptors (Lipinski definition) is 3. The fourth-order valence-corrected chi connectivity index (χ4v) is 3.74. The molecule has 1 heterocycles. The van der Waals surface area contributed by atoms with Gasteiger partial charge in [-0.15, -0.1) is 0 Å². The summed E-state index contributed by atoms with van der Waals surface area (Å²) in [4.78, 5) is 12.6. The van der Waals surface area contributed by atoms with Crippen LogP contribution < -0.4 is 5.32 Å². The summed E-state index contributed by atoms with van der Waals surface area (Å²) < 4.78 is 5.31. The van der Waals surface area contributed by atoms with Crippen molar-refractivity contribution in [2.75, 3.05) is 13.2 Å². The minimum absolute atomic E-state index is 0.0445. The van der Waals surface area contributed by atoms with E-state index < -0.39 is 5.54 Å². The van der Waals surface area contributed by atoms with E-state index in [-0.39, 0.29) is 11.8 Å². The third-order valence-corrected chi connectivity index (χ3v) is 5.29. The number of carbonyl (C=O) groups is 1. The van der Waals surface area contributed by atoms with Crippen molar-refractivity contribution in [1.29, 1.82) is 5.26 Å². The van der Waals surface area contributed by atoms with Crippen LogP contribution in [0.4, 0.5) is 0 Å². The first kappa shape index (κ1) is 16.0. The van der Waals surface area contributed by atoms with E-state index in [9.17, 15) is 10.1 Å². The molecule has 0 spiro atoms. The van der Waals surface area contributed by atoms with Gasteiger partial charge in [0.25, 0.3) is 0 Å². The average molecular weight is 312 g/mol. The van der Waals surface area contributed by atoms with Gasteiger partial charge in [0, 0.05) is 32.0 Å². The van der Waals surface area contributed by atoms with Crippen molar-refractivity contribution < 1.29 is 9.53 Å². The van der Waals surface area contributed by atoms with Crippen molar-refractivity contribution in [3.05, 3.63) is 35.9 Å². The maximum Gasteiger partial charge on any atom is 0.224 e. The molecule has 1 aromatic carbocycles. The zero-order valence-electron chi connectivity index (χ0n) is 13.5. The molecule has 2 aliphatic rings. The van der Waals surface area contributed by atoms with Gasteiger partial charge in [-0.25, -0.2) is 0 Å². The Bertz CT molecular complexity index is 565. The summed E-state index contributed by atoms with van der Waals surface area (Å²) in [5.41, 5.74) is 0.662. The highest BCUT2D eigenvalue weighted by atomic mass is 16.5. The molecule has 23 heavy (non-hydrogen) atoms. The number of benzene rings is 1. The molecule has 1 saturated heterocycles. The van der Waals surface area contributed by atoms with E-state index in [0.29, 0.717) is 32.0 Å². The average Bonchev–Trinajstić information content (AvgIpc) is 2.63. The van der Waals surface area contributed by atoms with E-state index in [1.807, 2.05) is 6.07 Å². The Morgan fingerprint density at radius 3 is 2.39 bits per heavy atom. The van der Waals surface area contributed by atoms with Gasteiger partial charge < -0.3 is 10.1 Å². The lowest BCUT2D eigenvalue weighted by Crippen LogP contribution is -2.52. The number of ether oxygens (including phenoxy) is 1. The molecule has 1 aliphatic carbocycles. The zero-order chi connectivity index (χ0) is 16.1. The van der Waals surface area contributed by atoms with Crippen molar-refractivity contribution in [1.82, 2.24) is 5.32 Å². The van der Waals surface area contributed by atoms with Crippen molar-refractivity contribution in [3.63, 3.8) is 0 Å². The topological polar surface area (TPSA) is 62.1 Å². The molecule has 1 aliphatic heterocycles. The molecule has 3 rings (SSSR count). The first-order valence-corrected chi connectivity index (χ1v) is 8.58. The van der Waals surface area contributed by atoms with Crippen LogP contribution in [0.5, 0.6) is 0 Å². The molecule has 0 atom stereocenters. The molecule has 122 valence electrons. The maximum absolute atomic E-state index is 12.6. The standard InChI is InChI=1S/C19H24N2O2/c20-14-19(10-12-23-13-11-19)21-18(22)17-8-6-16(7-9-17)15-4-2-1-3-5-15/h1-5,16-17H,6-13H2,(H,21,22). The lowest BCUT2D eigenvalue weighted by atomic mass is 9.78. The van der Waals surface area contributed by atoms with Crippen molar-refractivity contribution in [2.24, 2.45) is 5.92 Å². The molecule has 0 unspecified atom stereocenters. The molecule has 0 aromatic heterocycles. The van der Waals surface area contributed by atoms with Gasteiger partial charge in [-0.2, -0.15) is 5.26 Å². The minimum Gasteiger partial charge on any atom is -0.381 e. The Morgan fingerprint density at radius 2 is 1.78 bits per heavy atom. The van der Waals surface area contributed by atoms with E-state index in [2.05, 4.69) is 35.7 Å². The fourth-order valence-electron chi connectivity index (χ4n) is 3.74. The van der Waals surface area contributed by atoms with Gasteiger partial charge in [0.2, 0.25) is 5.91 Å². The normalized spacial score (nSPS) is 26.9. The maximum atomic E-state index is 12.6. The second-order valence-electron chi connectivity index (χ2n) is 6.75. The number of amides is 1.